The maximum Gasteiger partial charge on any atom is 0.341 e. The number of benzene rings is 2. The van der Waals surface area contributed by atoms with Crippen LogP contribution in [0.2, 0.25) is 0 Å². The number of nitrogen functional groups attached to an aromatic ring is 1. The number of nitrogens with zero attached hydrogens (tertiary/aromatic N) is 2. The molecule has 0 fully saturated rings. The van der Waals surface area contributed by atoms with Crippen LogP contribution in [-0.4, -0.2) is 34.8 Å². The number of carbonyl (C=O) groups excluding carboxylic acids is 1. The van der Waals surface area contributed by atoms with Crippen molar-refractivity contribution in [3.8, 4) is 22.8 Å². The molecule has 0 aliphatic rings. The minimum Gasteiger partial charge on any atom is -0.508 e. The fraction of sp³-hybridized carbons (Fsp3) is 0.190. The van der Waals surface area contributed by atoms with Gasteiger partial charge in [0.1, 0.15) is 22.1 Å². The normalized spacial score (nSPS) is 10.6. The first-order chi connectivity index (χ1) is 13.9. The molecular formula is C21H21N3O4S. The predicted molar refractivity (Wildman–Crippen MR) is 111 cm³/mol. The summed E-state index contributed by atoms with van der Waals surface area (Å²) in [6.07, 6.45) is 0. The number of carbonyl (C=O) groups is 1. The molecule has 0 saturated carbocycles. The number of hydrogen-bond donors (Lipinski definition) is 2. The Morgan fingerprint density at radius 1 is 1.21 bits per heavy atom. The van der Waals surface area contributed by atoms with Crippen LogP contribution in [0.15, 0.2) is 52.4 Å². The van der Waals surface area contributed by atoms with Gasteiger partial charge >= 0.3 is 5.97 Å². The molecule has 0 aliphatic carbocycles. The van der Waals surface area contributed by atoms with Gasteiger partial charge in [-0.15, -0.1) is 0 Å². The van der Waals surface area contributed by atoms with Crippen molar-refractivity contribution in [3.63, 3.8) is 0 Å². The molecular weight excluding hydrogens is 390 g/mol. The first-order valence-electron chi connectivity index (χ1n) is 8.88. The maximum atomic E-state index is 12.2. The molecule has 3 aromatic rings. The molecule has 0 saturated heterocycles. The molecule has 3 rings (SSSR count). The van der Waals surface area contributed by atoms with Gasteiger partial charge in [-0.05, 0) is 55.8 Å². The van der Waals surface area contributed by atoms with E-state index in [0.717, 1.165) is 16.0 Å². The summed E-state index contributed by atoms with van der Waals surface area (Å²) in [5.41, 5.74) is 8.41. The number of phenols is 1. The van der Waals surface area contributed by atoms with Crippen LogP contribution in [0.3, 0.4) is 0 Å². The Balaban J connectivity index is 2.06. The summed E-state index contributed by atoms with van der Waals surface area (Å²) in [6, 6.07) is 12.1. The van der Waals surface area contributed by atoms with Gasteiger partial charge in [-0.25, -0.2) is 14.8 Å². The van der Waals surface area contributed by atoms with Crippen molar-refractivity contribution in [1.29, 1.82) is 0 Å². The summed E-state index contributed by atoms with van der Waals surface area (Å²) in [4.78, 5) is 21.6. The highest BCUT2D eigenvalue weighted by molar-refractivity contribution is 7.99. The standard InChI is InChI=1S/C21H21N3O4S/c1-4-28-18-8-12(2)15(10-16(18)20(26)27-3)17-11-19(24-21(22)23-17)29-14-7-5-6-13(25)9-14/h5-11,25H,4H2,1-3H3,(H2,22,23,24). The predicted octanol–water partition coefficient (Wildman–Crippen LogP) is 4.08. The summed E-state index contributed by atoms with van der Waals surface area (Å²) in [5.74, 6) is 0.239. The zero-order chi connectivity index (χ0) is 21.0. The molecule has 0 atom stereocenters. The van der Waals surface area contributed by atoms with Crippen LogP contribution >= 0.6 is 11.8 Å². The Bertz CT molecular complexity index is 1060. The lowest BCUT2D eigenvalue weighted by Gasteiger charge is -2.14. The number of esters is 1. The lowest BCUT2D eigenvalue weighted by molar-refractivity contribution is 0.0596. The van der Waals surface area contributed by atoms with E-state index >= 15 is 0 Å². The molecule has 1 aromatic heterocycles. The number of aromatic hydroxyl groups is 1. The van der Waals surface area contributed by atoms with Gasteiger partial charge in [0.25, 0.3) is 0 Å². The van der Waals surface area contributed by atoms with Gasteiger partial charge < -0.3 is 20.3 Å². The van der Waals surface area contributed by atoms with E-state index in [4.69, 9.17) is 15.2 Å². The molecule has 0 aliphatic heterocycles. The molecule has 0 spiro atoms. The quantitative estimate of drug-likeness (QED) is 0.461. The molecule has 0 radical (unpaired) electrons. The average Bonchev–Trinajstić information content (AvgIpc) is 2.67. The smallest absolute Gasteiger partial charge is 0.341 e. The van der Waals surface area contributed by atoms with E-state index in [2.05, 4.69) is 9.97 Å². The molecule has 8 heteroatoms. The number of anilines is 1. The fourth-order valence-corrected chi connectivity index (χ4v) is 3.68. The Hall–Kier alpha value is -3.26. The Labute approximate surface area is 172 Å². The summed E-state index contributed by atoms with van der Waals surface area (Å²) in [5, 5.41) is 10.3. The summed E-state index contributed by atoms with van der Waals surface area (Å²) < 4.78 is 10.5. The number of methoxy groups -OCH3 is 1. The van der Waals surface area contributed by atoms with E-state index in [1.807, 2.05) is 19.9 Å². The van der Waals surface area contributed by atoms with Crippen LogP contribution in [0.5, 0.6) is 11.5 Å². The van der Waals surface area contributed by atoms with Crippen molar-refractivity contribution in [2.24, 2.45) is 0 Å². The molecule has 0 amide bonds. The van der Waals surface area contributed by atoms with E-state index in [1.54, 1.807) is 36.4 Å². The first-order valence-corrected chi connectivity index (χ1v) is 9.70. The SMILES string of the molecule is CCOc1cc(C)c(-c2cc(Sc3cccc(O)c3)nc(N)n2)cc1C(=O)OC. The molecule has 29 heavy (non-hydrogen) atoms. The van der Waals surface area contributed by atoms with E-state index < -0.39 is 5.97 Å². The van der Waals surface area contributed by atoms with Crippen LogP contribution in [0.25, 0.3) is 11.3 Å². The third kappa shape index (κ3) is 4.78. The molecule has 2 aromatic carbocycles. The number of phenolic OH excluding ortho intramolecular Hbond substituents is 1. The number of nitrogens with two attached hydrogens (primary N) is 1. The topological polar surface area (TPSA) is 108 Å². The van der Waals surface area contributed by atoms with Crippen molar-refractivity contribution in [3.05, 3.63) is 53.6 Å². The van der Waals surface area contributed by atoms with Gasteiger partial charge in [0, 0.05) is 10.5 Å². The van der Waals surface area contributed by atoms with Crippen LogP contribution in [0.4, 0.5) is 5.95 Å². The molecule has 150 valence electrons. The van der Waals surface area contributed by atoms with Crippen LogP contribution in [0.1, 0.15) is 22.8 Å². The minimum absolute atomic E-state index is 0.109. The van der Waals surface area contributed by atoms with Crippen molar-refractivity contribution < 1.29 is 19.4 Å². The number of ether oxygens (including phenoxy) is 2. The second-order valence-electron chi connectivity index (χ2n) is 6.14. The van der Waals surface area contributed by atoms with Crippen molar-refractivity contribution in [2.75, 3.05) is 19.5 Å². The Kier molecular flexibility index (Phi) is 6.23. The first kappa shape index (κ1) is 20.5. The second-order valence-corrected chi connectivity index (χ2v) is 7.23. The average molecular weight is 411 g/mol. The minimum atomic E-state index is -0.494. The van der Waals surface area contributed by atoms with Gasteiger partial charge in [-0.1, -0.05) is 17.8 Å². The van der Waals surface area contributed by atoms with Gasteiger partial charge in [0.15, 0.2) is 0 Å². The number of aryl methyl sites for hydroxylation is 1. The third-order valence-corrected chi connectivity index (χ3v) is 4.98. The zero-order valence-corrected chi connectivity index (χ0v) is 17.1. The number of hydrogen-bond acceptors (Lipinski definition) is 8. The van der Waals surface area contributed by atoms with Crippen molar-refractivity contribution >= 4 is 23.7 Å². The Morgan fingerprint density at radius 2 is 2.00 bits per heavy atom. The Morgan fingerprint density at radius 3 is 2.69 bits per heavy atom. The van der Waals surface area contributed by atoms with Gasteiger partial charge in [-0.2, -0.15) is 0 Å². The highest BCUT2D eigenvalue weighted by Gasteiger charge is 2.18. The van der Waals surface area contributed by atoms with Crippen LogP contribution in [-0.2, 0) is 4.74 Å². The van der Waals surface area contributed by atoms with Gasteiger partial charge in [0.05, 0.1) is 19.4 Å². The van der Waals surface area contributed by atoms with E-state index in [1.165, 1.54) is 18.9 Å². The monoisotopic (exact) mass is 411 g/mol. The zero-order valence-electron chi connectivity index (χ0n) is 16.3. The highest BCUT2D eigenvalue weighted by Crippen LogP contribution is 2.34. The third-order valence-electron chi connectivity index (χ3n) is 4.07. The highest BCUT2D eigenvalue weighted by atomic mass is 32.2. The van der Waals surface area contributed by atoms with E-state index in [9.17, 15) is 9.90 Å². The largest absolute Gasteiger partial charge is 0.508 e. The van der Waals surface area contributed by atoms with Crippen LogP contribution in [0, 0.1) is 6.92 Å². The number of aromatic nitrogens is 2. The maximum absolute atomic E-state index is 12.2. The van der Waals surface area contributed by atoms with Crippen molar-refractivity contribution in [1.82, 2.24) is 9.97 Å². The van der Waals surface area contributed by atoms with Crippen LogP contribution < -0.4 is 10.5 Å². The summed E-state index contributed by atoms with van der Waals surface area (Å²) in [6.45, 7) is 4.17. The van der Waals surface area contributed by atoms with E-state index in [-0.39, 0.29) is 11.7 Å². The molecule has 3 N–H and O–H groups in total. The molecule has 0 bridgehead atoms. The lowest BCUT2D eigenvalue weighted by Crippen LogP contribution is -2.07. The molecule has 7 nitrogen and oxygen atoms in total. The summed E-state index contributed by atoms with van der Waals surface area (Å²) >= 11 is 1.35. The second kappa shape index (κ2) is 8.83. The van der Waals surface area contributed by atoms with Crippen molar-refractivity contribution in [2.45, 2.75) is 23.8 Å². The molecule has 0 unspecified atom stereocenters. The number of rotatable bonds is 6. The fourth-order valence-electron chi connectivity index (χ4n) is 2.80. The van der Waals surface area contributed by atoms with Gasteiger partial charge in [-0.3, -0.25) is 0 Å². The summed E-state index contributed by atoms with van der Waals surface area (Å²) in [7, 11) is 1.32. The van der Waals surface area contributed by atoms with Gasteiger partial charge in [0.2, 0.25) is 5.95 Å². The lowest BCUT2D eigenvalue weighted by atomic mass is 10.0. The molecule has 1 heterocycles. The van der Waals surface area contributed by atoms with E-state index in [0.29, 0.717) is 28.6 Å².